The lowest BCUT2D eigenvalue weighted by molar-refractivity contribution is -0.118. The van der Waals surface area contributed by atoms with Gasteiger partial charge in [-0.2, -0.15) is 0 Å². The van der Waals surface area contributed by atoms with Gasteiger partial charge >= 0.3 is 0 Å². The molecule has 1 aromatic carbocycles. The van der Waals surface area contributed by atoms with Crippen LogP contribution in [-0.4, -0.2) is 22.4 Å². The van der Waals surface area contributed by atoms with E-state index in [1.807, 2.05) is 18.5 Å². The molecule has 146 valence electrons. The summed E-state index contributed by atoms with van der Waals surface area (Å²) in [4.78, 5) is 18.9. The number of nitrogens with zero attached hydrogens (tertiary/aromatic N) is 1. The molecule has 1 fully saturated rings. The molecule has 1 saturated carbocycles. The predicted octanol–water partition coefficient (Wildman–Crippen LogP) is 4.63. The first-order valence-corrected chi connectivity index (χ1v) is 10.0. The highest BCUT2D eigenvalue weighted by Gasteiger charge is 2.38. The van der Waals surface area contributed by atoms with Crippen molar-refractivity contribution in [2.24, 2.45) is 0 Å². The molecule has 0 unspecified atom stereocenters. The number of hydrogen-bond acceptors (Lipinski definition) is 2. The van der Waals surface area contributed by atoms with Crippen LogP contribution in [0.3, 0.4) is 0 Å². The molecule has 1 aliphatic rings. The summed E-state index contributed by atoms with van der Waals surface area (Å²) in [7, 11) is 0. The average molecular weight is 379 g/mol. The highest BCUT2D eigenvalue weighted by Crippen LogP contribution is 2.47. The minimum atomic E-state index is -0.216. The van der Waals surface area contributed by atoms with Gasteiger partial charge in [0, 0.05) is 42.9 Å². The van der Waals surface area contributed by atoms with E-state index in [0.29, 0.717) is 13.0 Å². The van der Waals surface area contributed by atoms with Crippen LogP contribution in [0.4, 0.5) is 4.39 Å². The van der Waals surface area contributed by atoms with Crippen LogP contribution in [0, 0.1) is 5.82 Å². The van der Waals surface area contributed by atoms with Crippen LogP contribution in [-0.2, 0) is 16.6 Å². The summed E-state index contributed by atoms with van der Waals surface area (Å²) in [5, 5.41) is 3.73. The van der Waals surface area contributed by atoms with E-state index in [1.54, 1.807) is 18.3 Å². The van der Waals surface area contributed by atoms with E-state index in [4.69, 9.17) is 0 Å². The molecule has 4 rings (SSSR count). The van der Waals surface area contributed by atoms with Crippen molar-refractivity contribution >= 4 is 16.8 Å². The smallest absolute Gasteiger partial charge is 0.216 e. The van der Waals surface area contributed by atoms with Crippen molar-refractivity contribution < 1.29 is 9.18 Å². The third-order valence-electron chi connectivity index (χ3n) is 6.04. The molecule has 1 aliphatic carbocycles. The van der Waals surface area contributed by atoms with Crippen molar-refractivity contribution in [2.45, 2.75) is 50.9 Å². The second-order valence-electron chi connectivity index (χ2n) is 7.81. The van der Waals surface area contributed by atoms with Crippen LogP contribution >= 0.6 is 0 Å². The van der Waals surface area contributed by atoms with Gasteiger partial charge in [-0.15, -0.1) is 0 Å². The van der Waals surface area contributed by atoms with E-state index in [9.17, 15) is 9.18 Å². The monoisotopic (exact) mass is 379 g/mol. The Balaban J connectivity index is 1.82. The molecule has 2 N–H and O–H groups in total. The maximum atomic E-state index is 14.7. The summed E-state index contributed by atoms with van der Waals surface area (Å²) in [6.07, 6.45) is 11.8. The van der Waals surface area contributed by atoms with Crippen LogP contribution in [0.15, 0.2) is 42.9 Å². The highest BCUT2D eigenvalue weighted by atomic mass is 19.1. The van der Waals surface area contributed by atoms with Gasteiger partial charge in [-0.25, -0.2) is 4.39 Å². The maximum Gasteiger partial charge on any atom is 0.216 e. The number of H-pyrrole nitrogens is 1. The van der Waals surface area contributed by atoms with Gasteiger partial charge < -0.3 is 10.3 Å². The molecule has 0 spiro atoms. The van der Waals surface area contributed by atoms with Gasteiger partial charge in [-0.1, -0.05) is 25.3 Å². The number of benzene rings is 1. The van der Waals surface area contributed by atoms with Crippen LogP contribution in [0.25, 0.3) is 10.9 Å². The molecule has 1 amide bonds. The average Bonchev–Trinajstić information content (AvgIpc) is 3.11. The Bertz CT molecular complexity index is 974. The number of nitrogens with one attached hydrogen (secondary N) is 2. The normalized spacial score (nSPS) is 16.2. The summed E-state index contributed by atoms with van der Waals surface area (Å²) >= 11 is 0. The van der Waals surface area contributed by atoms with Crippen molar-refractivity contribution in [1.82, 2.24) is 15.3 Å². The van der Waals surface area contributed by atoms with Crippen molar-refractivity contribution in [3.63, 3.8) is 0 Å². The fourth-order valence-corrected chi connectivity index (χ4v) is 4.72. The third-order valence-corrected chi connectivity index (χ3v) is 6.04. The van der Waals surface area contributed by atoms with Gasteiger partial charge in [0.1, 0.15) is 5.82 Å². The van der Waals surface area contributed by atoms with E-state index in [2.05, 4.69) is 21.4 Å². The Hall–Kier alpha value is -2.69. The van der Waals surface area contributed by atoms with E-state index >= 15 is 0 Å². The summed E-state index contributed by atoms with van der Waals surface area (Å²) in [5.41, 5.74) is 4.01. The number of rotatable bonds is 5. The number of aromatic nitrogens is 2. The standard InChI is InChI=1S/C23H26FN3O/c1-16(28)26-11-7-17-14-27-22-20(17)12-19(24)13-21(22)23(8-3-2-4-9-23)18-6-5-10-25-15-18/h5-6,10,12-15,27H,2-4,7-9,11H2,1H3,(H,26,28). The van der Waals surface area contributed by atoms with Gasteiger partial charge in [-0.3, -0.25) is 9.78 Å². The molecule has 28 heavy (non-hydrogen) atoms. The fraction of sp³-hybridized carbons (Fsp3) is 0.391. The van der Waals surface area contributed by atoms with Crippen molar-refractivity contribution in [2.75, 3.05) is 6.54 Å². The molecule has 4 nitrogen and oxygen atoms in total. The number of carbonyl (C=O) groups excluding carboxylic acids is 1. The van der Waals surface area contributed by atoms with Crippen LogP contribution in [0.1, 0.15) is 55.7 Å². The molecule has 2 aromatic heterocycles. The molecule has 0 radical (unpaired) electrons. The summed E-state index contributed by atoms with van der Waals surface area (Å²) in [5.74, 6) is -0.263. The van der Waals surface area contributed by atoms with Crippen LogP contribution < -0.4 is 5.32 Å². The molecule has 5 heteroatoms. The minimum Gasteiger partial charge on any atom is -0.361 e. The first-order chi connectivity index (χ1) is 13.6. The Morgan fingerprint density at radius 1 is 1.29 bits per heavy atom. The van der Waals surface area contributed by atoms with E-state index in [0.717, 1.165) is 53.3 Å². The van der Waals surface area contributed by atoms with Crippen molar-refractivity contribution in [1.29, 1.82) is 0 Å². The Morgan fingerprint density at radius 3 is 2.82 bits per heavy atom. The zero-order valence-electron chi connectivity index (χ0n) is 16.2. The maximum absolute atomic E-state index is 14.7. The minimum absolute atomic E-state index is 0.0514. The number of halogens is 1. The molecular formula is C23H26FN3O. The molecule has 0 saturated heterocycles. The van der Waals surface area contributed by atoms with E-state index in [1.165, 1.54) is 13.3 Å². The Kier molecular flexibility index (Phi) is 5.16. The molecular weight excluding hydrogens is 353 g/mol. The van der Waals surface area contributed by atoms with Gasteiger partial charge in [0.05, 0.1) is 5.52 Å². The third kappa shape index (κ3) is 3.41. The molecule has 3 aromatic rings. The first-order valence-electron chi connectivity index (χ1n) is 10.0. The lowest BCUT2D eigenvalue weighted by Crippen LogP contribution is -2.31. The fourth-order valence-electron chi connectivity index (χ4n) is 4.72. The van der Waals surface area contributed by atoms with Crippen molar-refractivity contribution in [3.05, 3.63) is 65.4 Å². The first kappa shape index (κ1) is 18.7. The van der Waals surface area contributed by atoms with E-state index < -0.39 is 0 Å². The number of pyridine rings is 1. The number of fused-ring (bicyclic) bond motifs is 1. The zero-order valence-corrected chi connectivity index (χ0v) is 16.2. The highest BCUT2D eigenvalue weighted by molar-refractivity contribution is 5.87. The number of carbonyl (C=O) groups is 1. The largest absolute Gasteiger partial charge is 0.361 e. The Morgan fingerprint density at radius 2 is 2.11 bits per heavy atom. The van der Waals surface area contributed by atoms with Gasteiger partial charge in [0.2, 0.25) is 5.91 Å². The zero-order chi connectivity index (χ0) is 19.6. The lowest BCUT2D eigenvalue weighted by atomic mass is 9.65. The SMILES string of the molecule is CC(=O)NCCc1c[nH]c2c(C3(c4cccnc4)CCCCC3)cc(F)cc12. The summed E-state index contributed by atoms with van der Waals surface area (Å²) < 4.78 is 14.7. The number of hydrogen-bond donors (Lipinski definition) is 2. The second kappa shape index (κ2) is 7.74. The molecule has 2 heterocycles. The van der Waals surface area contributed by atoms with Crippen LogP contribution in [0.5, 0.6) is 0 Å². The number of amides is 1. The second-order valence-corrected chi connectivity index (χ2v) is 7.81. The van der Waals surface area contributed by atoms with Crippen LogP contribution in [0.2, 0.25) is 0 Å². The van der Waals surface area contributed by atoms with Gasteiger partial charge in [0.15, 0.2) is 0 Å². The quantitative estimate of drug-likeness (QED) is 0.679. The summed E-state index contributed by atoms with van der Waals surface area (Å²) in [6, 6.07) is 7.40. The van der Waals surface area contributed by atoms with Crippen molar-refractivity contribution in [3.8, 4) is 0 Å². The molecule has 0 atom stereocenters. The number of aromatic amines is 1. The molecule has 0 bridgehead atoms. The summed E-state index contributed by atoms with van der Waals surface area (Å²) in [6.45, 7) is 2.05. The lowest BCUT2D eigenvalue weighted by Gasteiger charge is -2.38. The van der Waals surface area contributed by atoms with Gasteiger partial charge in [0.25, 0.3) is 0 Å². The Labute approximate surface area is 164 Å². The van der Waals surface area contributed by atoms with E-state index in [-0.39, 0.29) is 17.1 Å². The molecule has 0 aliphatic heterocycles. The topological polar surface area (TPSA) is 57.8 Å². The van der Waals surface area contributed by atoms with Gasteiger partial charge in [-0.05, 0) is 54.2 Å². The predicted molar refractivity (Wildman–Crippen MR) is 109 cm³/mol.